The normalized spacial score (nSPS) is 44.8. The number of hydrogen-bond acceptors (Lipinski definition) is 2. The maximum absolute atomic E-state index is 11.0. The Bertz CT molecular complexity index is 193. The van der Waals surface area contributed by atoms with Crippen LogP contribution in [-0.2, 0) is 15.3 Å². The van der Waals surface area contributed by atoms with Gasteiger partial charge in [0, 0.05) is 0 Å². The Labute approximate surface area is 70.0 Å². The van der Waals surface area contributed by atoms with Gasteiger partial charge in [-0.3, -0.25) is 4.18 Å². The molecule has 0 saturated carbocycles. The molecule has 4 unspecified atom stereocenters. The lowest BCUT2D eigenvalue weighted by molar-refractivity contribution is 0.152. The molecule has 2 nitrogen and oxygen atoms in total. The van der Waals surface area contributed by atoms with Gasteiger partial charge in [-0.05, 0) is 12.8 Å². The summed E-state index contributed by atoms with van der Waals surface area (Å²) in [4.78, 5) is 0. The third-order valence-corrected chi connectivity index (χ3v) is 3.29. The fourth-order valence-corrected chi connectivity index (χ4v) is 2.52. The largest absolute Gasteiger partial charge is 0.286 e. The molecule has 62 valence electrons. The molecule has 0 spiro atoms. The summed E-state index contributed by atoms with van der Waals surface area (Å²) >= 11 is -1.12. The van der Waals surface area contributed by atoms with E-state index in [1.807, 2.05) is 13.8 Å². The third-order valence-electron chi connectivity index (χ3n) is 1.97. The minimum absolute atomic E-state index is 0.0652. The average molecular weight is 172 g/mol. The standard InChI is InChI=1S/C8H12O2S/c1-4-8-6(2)5-11(9)10-7(8)3/h1,6-8H,5H2,2-3H3. The second-order valence-electron chi connectivity index (χ2n) is 2.94. The van der Waals surface area contributed by atoms with Crippen LogP contribution in [0.5, 0.6) is 0 Å². The maximum Gasteiger partial charge on any atom is 0.156 e. The van der Waals surface area contributed by atoms with Crippen molar-refractivity contribution in [3.05, 3.63) is 0 Å². The van der Waals surface area contributed by atoms with E-state index < -0.39 is 11.1 Å². The van der Waals surface area contributed by atoms with Crippen LogP contribution in [-0.4, -0.2) is 16.1 Å². The van der Waals surface area contributed by atoms with E-state index in [-0.39, 0.29) is 12.0 Å². The first-order valence-corrected chi connectivity index (χ1v) is 4.91. The average Bonchev–Trinajstić information content (AvgIpc) is 1.85. The molecule has 3 heteroatoms. The molecule has 0 aromatic heterocycles. The van der Waals surface area contributed by atoms with Crippen molar-refractivity contribution in [3.63, 3.8) is 0 Å². The highest BCUT2D eigenvalue weighted by atomic mass is 32.2. The van der Waals surface area contributed by atoms with Crippen molar-refractivity contribution in [3.8, 4) is 12.3 Å². The molecule has 0 aliphatic carbocycles. The lowest BCUT2D eigenvalue weighted by Crippen LogP contribution is -2.35. The van der Waals surface area contributed by atoms with Gasteiger partial charge in [-0.25, -0.2) is 4.21 Å². The zero-order valence-electron chi connectivity index (χ0n) is 6.74. The summed E-state index contributed by atoms with van der Waals surface area (Å²) in [7, 11) is 0. The minimum atomic E-state index is -1.12. The van der Waals surface area contributed by atoms with Crippen LogP contribution < -0.4 is 0 Å². The van der Waals surface area contributed by atoms with Crippen LogP contribution in [0.2, 0.25) is 0 Å². The van der Waals surface area contributed by atoms with Crippen LogP contribution in [0.1, 0.15) is 13.8 Å². The SMILES string of the molecule is C#CC1C(C)CS(=O)OC1C. The highest BCUT2D eigenvalue weighted by Gasteiger charge is 2.30. The van der Waals surface area contributed by atoms with Gasteiger partial charge in [0.2, 0.25) is 0 Å². The van der Waals surface area contributed by atoms with E-state index in [4.69, 9.17) is 10.6 Å². The molecule has 4 atom stereocenters. The summed E-state index contributed by atoms with van der Waals surface area (Å²) < 4.78 is 16.1. The van der Waals surface area contributed by atoms with Crippen LogP contribution >= 0.6 is 0 Å². The predicted octanol–water partition coefficient (Wildman–Crippen LogP) is 0.954. The van der Waals surface area contributed by atoms with Gasteiger partial charge < -0.3 is 0 Å². The van der Waals surface area contributed by atoms with E-state index in [0.29, 0.717) is 11.7 Å². The lowest BCUT2D eigenvalue weighted by atomic mass is 9.92. The lowest BCUT2D eigenvalue weighted by Gasteiger charge is -2.29. The van der Waals surface area contributed by atoms with E-state index in [1.54, 1.807) is 0 Å². The Morgan fingerprint density at radius 3 is 2.73 bits per heavy atom. The molecule has 1 aliphatic heterocycles. The third kappa shape index (κ3) is 1.82. The first-order valence-electron chi connectivity index (χ1n) is 3.66. The van der Waals surface area contributed by atoms with E-state index >= 15 is 0 Å². The van der Waals surface area contributed by atoms with Crippen molar-refractivity contribution in [1.29, 1.82) is 0 Å². The second kappa shape index (κ2) is 3.38. The topological polar surface area (TPSA) is 26.3 Å². The van der Waals surface area contributed by atoms with Gasteiger partial charge in [0.25, 0.3) is 0 Å². The quantitative estimate of drug-likeness (QED) is 0.509. The molecule has 0 aromatic rings. The molecule has 0 radical (unpaired) electrons. The molecular formula is C8H12O2S. The molecule has 0 amide bonds. The van der Waals surface area contributed by atoms with E-state index in [9.17, 15) is 4.21 Å². The van der Waals surface area contributed by atoms with E-state index in [1.165, 1.54) is 0 Å². The number of rotatable bonds is 0. The molecule has 11 heavy (non-hydrogen) atoms. The van der Waals surface area contributed by atoms with Gasteiger partial charge >= 0.3 is 0 Å². The van der Waals surface area contributed by atoms with Gasteiger partial charge in [0.05, 0.1) is 17.8 Å². The van der Waals surface area contributed by atoms with Crippen LogP contribution in [0, 0.1) is 24.2 Å². The second-order valence-corrected chi connectivity index (χ2v) is 4.07. The Hall–Kier alpha value is -0.330. The fraction of sp³-hybridized carbons (Fsp3) is 0.750. The van der Waals surface area contributed by atoms with Crippen molar-refractivity contribution >= 4 is 11.1 Å². The zero-order chi connectivity index (χ0) is 8.43. The Balaban J connectivity index is 2.68. The zero-order valence-corrected chi connectivity index (χ0v) is 7.56. The summed E-state index contributed by atoms with van der Waals surface area (Å²) in [5.41, 5.74) is 0. The summed E-state index contributed by atoms with van der Waals surface area (Å²) in [5.74, 6) is 3.66. The van der Waals surface area contributed by atoms with E-state index in [2.05, 4.69) is 5.92 Å². The Morgan fingerprint density at radius 2 is 2.27 bits per heavy atom. The minimum Gasteiger partial charge on any atom is -0.286 e. The van der Waals surface area contributed by atoms with Gasteiger partial charge in [-0.1, -0.05) is 6.92 Å². The highest BCUT2D eigenvalue weighted by Crippen LogP contribution is 2.24. The fourth-order valence-electron chi connectivity index (χ4n) is 1.35. The van der Waals surface area contributed by atoms with Crippen molar-refractivity contribution in [2.24, 2.45) is 11.8 Å². The van der Waals surface area contributed by atoms with Crippen molar-refractivity contribution in [2.75, 3.05) is 5.75 Å². The molecule has 1 heterocycles. The Kier molecular flexibility index (Phi) is 2.69. The van der Waals surface area contributed by atoms with E-state index in [0.717, 1.165) is 0 Å². The monoisotopic (exact) mass is 172 g/mol. The van der Waals surface area contributed by atoms with Crippen molar-refractivity contribution in [2.45, 2.75) is 20.0 Å². The predicted molar refractivity (Wildman–Crippen MR) is 45.0 cm³/mol. The van der Waals surface area contributed by atoms with Gasteiger partial charge in [-0.2, -0.15) is 0 Å². The first-order chi connectivity index (χ1) is 5.15. The number of hydrogen-bond donors (Lipinski definition) is 0. The summed E-state index contributed by atoms with van der Waals surface area (Å²) in [6, 6.07) is 0. The van der Waals surface area contributed by atoms with Crippen LogP contribution in [0.15, 0.2) is 0 Å². The highest BCUT2D eigenvalue weighted by molar-refractivity contribution is 7.80. The smallest absolute Gasteiger partial charge is 0.156 e. The van der Waals surface area contributed by atoms with Gasteiger partial charge in [0.15, 0.2) is 11.1 Å². The Morgan fingerprint density at radius 1 is 1.64 bits per heavy atom. The van der Waals surface area contributed by atoms with Gasteiger partial charge in [0.1, 0.15) is 0 Å². The van der Waals surface area contributed by atoms with Crippen molar-refractivity contribution in [1.82, 2.24) is 0 Å². The molecule has 0 aromatic carbocycles. The molecule has 0 bridgehead atoms. The van der Waals surface area contributed by atoms with Crippen molar-refractivity contribution < 1.29 is 8.39 Å². The molecule has 1 rings (SSSR count). The van der Waals surface area contributed by atoms with Gasteiger partial charge in [-0.15, -0.1) is 12.3 Å². The van der Waals surface area contributed by atoms with Crippen LogP contribution in [0.3, 0.4) is 0 Å². The summed E-state index contributed by atoms with van der Waals surface area (Å²) in [6.07, 6.45) is 5.24. The maximum atomic E-state index is 11.0. The molecular weight excluding hydrogens is 160 g/mol. The molecule has 1 saturated heterocycles. The summed E-state index contributed by atoms with van der Waals surface area (Å²) in [5, 5.41) is 0. The number of terminal acetylenes is 1. The summed E-state index contributed by atoms with van der Waals surface area (Å²) in [6.45, 7) is 3.89. The molecule has 0 N–H and O–H groups in total. The molecule has 1 fully saturated rings. The van der Waals surface area contributed by atoms with Crippen LogP contribution in [0.25, 0.3) is 0 Å². The first kappa shape index (κ1) is 8.76. The van der Waals surface area contributed by atoms with Crippen LogP contribution in [0.4, 0.5) is 0 Å². The molecule has 1 aliphatic rings.